The minimum Gasteiger partial charge on any atom is -0.384 e. The van der Waals surface area contributed by atoms with Gasteiger partial charge in [0, 0.05) is 0 Å². The van der Waals surface area contributed by atoms with Crippen LogP contribution in [0.4, 0.5) is 8.78 Å². The number of fused-ring (bicyclic) bond motifs is 1. The highest BCUT2D eigenvalue weighted by atomic mass is 32.1. The summed E-state index contributed by atoms with van der Waals surface area (Å²) in [7, 11) is 0. The van der Waals surface area contributed by atoms with Gasteiger partial charge in [0.05, 0.1) is 33.7 Å². The van der Waals surface area contributed by atoms with Crippen molar-refractivity contribution in [3.63, 3.8) is 0 Å². The Morgan fingerprint density at radius 3 is 2.10 bits per heavy atom. The largest absolute Gasteiger partial charge is 0.384 e. The van der Waals surface area contributed by atoms with E-state index in [0.29, 0.717) is 15.8 Å². The van der Waals surface area contributed by atoms with Crippen molar-refractivity contribution in [2.75, 3.05) is 0 Å². The summed E-state index contributed by atoms with van der Waals surface area (Å²) >= 11 is 1.06. The molecule has 1 atom stereocenters. The number of hydrogen-bond donors (Lipinski definition) is 1. The maximum Gasteiger partial charge on any atom is 0.274 e. The van der Waals surface area contributed by atoms with Gasteiger partial charge in [-0.25, -0.2) is 8.78 Å². The summed E-state index contributed by atoms with van der Waals surface area (Å²) in [5.41, 5.74) is 7.03. The molecular formula is C22H12F2N4OS. The Bertz CT molecular complexity index is 1450. The van der Waals surface area contributed by atoms with Crippen LogP contribution in [0.5, 0.6) is 0 Å². The van der Waals surface area contributed by atoms with Gasteiger partial charge in [-0.05, 0) is 41.5 Å². The molecule has 8 heteroatoms. The number of nitriles is 2. The van der Waals surface area contributed by atoms with Gasteiger partial charge in [-0.1, -0.05) is 24.3 Å². The summed E-state index contributed by atoms with van der Waals surface area (Å²) in [5, 5.41) is 19.6. The molecule has 2 heterocycles. The zero-order valence-electron chi connectivity index (χ0n) is 15.3. The molecule has 0 radical (unpaired) electrons. The molecule has 0 aliphatic carbocycles. The van der Waals surface area contributed by atoms with Crippen LogP contribution in [0, 0.1) is 34.3 Å². The molecule has 2 aromatic carbocycles. The number of nitrogens with two attached hydrogens (primary N) is 1. The second-order valence-electron chi connectivity index (χ2n) is 6.53. The summed E-state index contributed by atoms with van der Waals surface area (Å²) in [6, 6.07) is 15.1. The lowest BCUT2D eigenvalue weighted by molar-refractivity contribution is 0.626. The molecule has 0 saturated carbocycles. The summed E-state index contributed by atoms with van der Waals surface area (Å²) in [6.45, 7) is 0. The number of nitrogens with zero attached hydrogens (tertiary/aromatic N) is 3. The Balaban J connectivity index is 2.04. The third-order valence-corrected chi connectivity index (χ3v) is 5.87. The first kappa shape index (κ1) is 19.3. The molecule has 0 bridgehead atoms. The van der Waals surface area contributed by atoms with E-state index in [2.05, 4.69) is 6.07 Å². The van der Waals surface area contributed by atoms with Gasteiger partial charge in [-0.2, -0.15) is 10.5 Å². The first-order valence-electron chi connectivity index (χ1n) is 8.73. The van der Waals surface area contributed by atoms with Crippen molar-refractivity contribution in [3.8, 4) is 12.1 Å². The normalized spacial score (nSPS) is 16.2. The number of halogens is 2. The molecule has 30 heavy (non-hydrogen) atoms. The molecule has 2 N–H and O–H groups in total. The summed E-state index contributed by atoms with van der Waals surface area (Å²) in [5.74, 6) is -1.73. The fourth-order valence-corrected chi connectivity index (χ4v) is 4.48. The fraction of sp³-hybridized carbons (Fsp3) is 0.0455. The topological polar surface area (TPSA) is 95.6 Å². The van der Waals surface area contributed by atoms with Gasteiger partial charge in [-0.15, -0.1) is 11.3 Å². The molecule has 0 amide bonds. The van der Waals surface area contributed by atoms with Crippen LogP contribution < -0.4 is 20.5 Å². The van der Waals surface area contributed by atoms with Crippen molar-refractivity contribution in [1.82, 2.24) is 4.57 Å². The Kier molecular flexibility index (Phi) is 4.78. The molecule has 0 spiro atoms. The lowest BCUT2D eigenvalue weighted by atomic mass is 9.84. The van der Waals surface area contributed by atoms with Crippen molar-refractivity contribution in [3.05, 3.63) is 96.4 Å². The van der Waals surface area contributed by atoms with Gasteiger partial charge in [0.1, 0.15) is 22.1 Å². The molecule has 4 rings (SSSR count). The van der Waals surface area contributed by atoms with Crippen LogP contribution in [-0.4, -0.2) is 4.57 Å². The molecule has 0 fully saturated rings. The van der Waals surface area contributed by atoms with Gasteiger partial charge in [0.25, 0.3) is 5.56 Å². The van der Waals surface area contributed by atoms with Crippen LogP contribution in [-0.2, 0) is 0 Å². The third kappa shape index (κ3) is 3.10. The molecule has 1 aromatic heterocycles. The van der Waals surface area contributed by atoms with Crippen molar-refractivity contribution >= 4 is 28.8 Å². The number of hydrogen-bond acceptors (Lipinski definition) is 5. The number of thiazole rings is 1. The average Bonchev–Trinajstić information content (AvgIpc) is 3.06. The molecular weight excluding hydrogens is 406 g/mol. The smallest absolute Gasteiger partial charge is 0.274 e. The highest BCUT2D eigenvalue weighted by Gasteiger charge is 2.32. The Morgan fingerprint density at radius 2 is 1.53 bits per heavy atom. The van der Waals surface area contributed by atoms with Gasteiger partial charge in [0.15, 0.2) is 0 Å². The zero-order valence-corrected chi connectivity index (χ0v) is 16.1. The summed E-state index contributed by atoms with van der Waals surface area (Å²) < 4.78 is 28.3. The van der Waals surface area contributed by atoms with Crippen LogP contribution in [0.15, 0.2) is 58.9 Å². The van der Waals surface area contributed by atoms with Crippen LogP contribution in [0.25, 0.3) is 17.5 Å². The molecule has 5 nitrogen and oxygen atoms in total. The van der Waals surface area contributed by atoms with E-state index in [1.807, 2.05) is 6.07 Å². The number of rotatable bonds is 2. The minimum absolute atomic E-state index is 0.0406. The van der Waals surface area contributed by atoms with Gasteiger partial charge in [0.2, 0.25) is 0 Å². The maximum atomic E-state index is 13.4. The van der Waals surface area contributed by atoms with Crippen molar-refractivity contribution in [2.24, 2.45) is 5.73 Å². The van der Waals surface area contributed by atoms with Gasteiger partial charge in [-0.3, -0.25) is 9.36 Å². The number of benzene rings is 2. The molecule has 0 unspecified atom stereocenters. The quantitative estimate of drug-likeness (QED) is 0.690. The van der Waals surface area contributed by atoms with Crippen LogP contribution in [0.3, 0.4) is 0 Å². The molecule has 1 aliphatic rings. The van der Waals surface area contributed by atoms with E-state index < -0.39 is 23.1 Å². The SMILES string of the molecule is N#CC1=C(N)n2c(s/c(=C\c3ccc(F)cc3)c2=O)=C(C#N)[C@@H]1c1ccc(F)cc1. The Morgan fingerprint density at radius 1 is 0.967 bits per heavy atom. The lowest BCUT2D eigenvalue weighted by Crippen LogP contribution is -2.38. The average molecular weight is 418 g/mol. The third-order valence-electron chi connectivity index (χ3n) is 4.76. The second kappa shape index (κ2) is 7.43. The second-order valence-corrected chi connectivity index (χ2v) is 7.56. The maximum absolute atomic E-state index is 13.4. The Hall–Kier alpha value is -4.01. The van der Waals surface area contributed by atoms with E-state index >= 15 is 0 Å². The summed E-state index contributed by atoms with van der Waals surface area (Å²) in [6.07, 6.45) is 1.57. The van der Waals surface area contributed by atoms with E-state index in [0.717, 1.165) is 15.9 Å². The van der Waals surface area contributed by atoms with E-state index in [9.17, 15) is 24.1 Å². The lowest BCUT2D eigenvalue weighted by Gasteiger charge is -2.22. The van der Waals surface area contributed by atoms with Crippen molar-refractivity contribution < 1.29 is 8.78 Å². The van der Waals surface area contributed by atoms with Crippen LogP contribution in [0.1, 0.15) is 17.0 Å². The predicted octanol–water partition coefficient (Wildman–Crippen LogP) is 2.14. The minimum atomic E-state index is -0.808. The molecule has 146 valence electrons. The zero-order chi connectivity index (χ0) is 21.4. The molecule has 3 aromatic rings. The summed E-state index contributed by atoms with van der Waals surface area (Å²) in [4.78, 5) is 13.0. The molecule has 1 aliphatic heterocycles. The van der Waals surface area contributed by atoms with Crippen molar-refractivity contribution in [1.29, 1.82) is 10.5 Å². The van der Waals surface area contributed by atoms with E-state index in [1.165, 1.54) is 48.5 Å². The van der Waals surface area contributed by atoms with Crippen molar-refractivity contribution in [2.45, 2.75) is 5.92 Å². The Labute approximate surface area is 173 Å². The van der Waals surface area contributed by atoms with E-state index in [-0.39, 0.29) is 21.5 Å². The molecule has 0 saturated heterocycles. The standard InChI is InChI=1S/C22H12F2N4OS/c23-14-5-1-12(2-6-14)9-18-21(29)28-20(27)16(10-25)19(17(11-26)22(28)30-18)13-3-7-15(24)8-4-13/h1-9,19H,27H2/b18-9-/t19-/m1/s1. The van der Waals surface area contributed by atoms with Gasteiger partial charge < -0.3 is 5.73 Å². The predicted molar refractivity (Wildman–Crippen MR) is 109 cm³/mol. The highest BCUT2D eigenvalue weighted by Crippen LogP contribution is 2.35. The van der Waals surface area contributed by atoms with Crippen LogP contribution in [0.2, 0.25) is 0 Å². The monoisotopic (exact) mass is 418 g/mol. The first-order valence-corrected chi connectivity index (χ1v) is 9.55. The first-order chi connectivity index (χ1) is 14.4. The van der Waals surface area contributed by atoms with Crippen LogP contribution >= 0.6 is 11.3 Å². The number of allylic oxidation sites excluding steroid dienone is 1. The fourth-order valence-electron chi connectivity index (χ4n) is 3.35. The van der Waals surface area contributed by atoms with E-state index in [1.54, 1.807) is 6.08 Å². The van der Waals surface area contributed by atoms with Gasteiger partial charge >= 0.3 is 0 Å². The van der Waals surface area contributed by atoms with E-state index in [4.69, 9.17) is 5.73 Å². The highest BCUT2D eigenvalue weighted by molar-refractivity contribution is 7.07. The number of aromatic nitrogens is 1.